The molecule has 1 atom stereocenters. The first-order valence-corrected chi connectivity index (χ1v) is 5.52. The minimum Gasteiger partial charge on any atom is -0.497 e. The lowest BCUT2D eigenvalue weighted by Crippen LogP contribution is -2.13. The molecule has 0 fully saturated rings. The molecule has 1 aromatic rings. The normalized spacial score (nSPS) is 11.4. The molecule has 0 radical (unpaired) electrons. The van der Waals surface area contributed by atoms with E-state index in [1.165, 1.54) is 0 Å². The van der Waals surface area contributed by atoms with Crippen molar-refractivity contribution in [1.29, 1.82) is 0 Å². The molecule has 0 aromatic carbocycles. The van der Waals surface area contributed by atoms with E-state index in [0.717, 1.165) is 12.2 Å². The molecule has 0 aliphatic carbocycles. The van der Waals surface area contributed by atoms with Crippen LogP contribution >= 0.6 is 24.0 Å². The zero-order valence-corrected chi connectivity index (χ0v) is 11.1. The van der Waals surface area contributed by atoms with Crippen molar-refractivity contribution in [1.82, 2.24) is 4.98 Å². The fourth-order valence-corrected chi connectivity index (χ4v) is 1.38. The molecule has 0 N–H and O–H groups in total. The van der Waals surface area contributed by atoms with Crippen LogP contribution in [0.2, 0.25) is 0 Å². The molecule has 0 aliphatic heterocycles. The van der Waals surface area contributed by atoms with Crippen molar-refractivity contribution in [3.05, 3.63) is 18.3 Å². The van der Waals surface area contributed by atoms with Crippen LogP contribution in [0.5, 0.6) is 11.6 Å². The van der Waals surface area contributed by atoms with Crippen molar-refractivity contribution in [2.75, 3.05) is 19.6 Å². The first-order valence-electron chi connectivity index (χ1n) is 4.99. The van der Waals surface area contributed by atoms with E-state index in [0.29, 0.717) is 24.3 Å². The highest BCUT2D eigenvalue weighted by atomic mass is 35.5. The van der Waals surface area contributed by atoms with Gasteiger partial charge >= 0.3 is 0 Å². The largest absolute Gasteiger partial charge is 0.497 e. The Kier molecular flexibility index (Phi) is 8.12. The molecular formula is C11H17Cl2NO2. The van der Waals surface area contributed by atoms with E-state index in [9.17, 15) is 0 Å². The first-order chi connectivity index (χ1) is 7.30. The van der Waals surface area contributed by atoms with Gasteiger partial charge in [0.05, 0.1) is 13.7 Å². The van der Waals surface area contributed by atoms with Gasteiger partial charge in [-0.3, -0.25) is 0 Å². The van der Waals surface area contributed by atoms with Gasteiger partial charge in [0, 0.05) is 24.1 Å². The molecule has 1 rings (SSSR count). The van der Waals surface area contributed by atoms with E-state index in [2.05, 4.69) is 11.9 Å². The highest BCUT2D eigenvalue weighted by molar-refractivity contribution is 6.18. The molecule has 0 saturated heterocycles. The van der Waals surface area contributed by atoms with Crippen LogP contribution in [-0.2, 0) is 0 Å². The van der Waals surface area contributed by atoms with Gasteiger partial charge in [0.2, 0.25) is 5.88 Å². The molecule has 1 heterocycles. The summed E-state index contributed by atoms with van der Waals surface area (Å²) >= 11 is 5.77. The average molecular weight is 266 g/mol. The number of nitrogens with zero attached hydrogens (tertiary/aromatic N) is 1. The Hall–Kier alpha value is -0.670. The van der Waals surface area contributed by atoms with Crippen LogP contribution in [0.4, 0.5) is 0 Å². The number of methoxy groups -OCH3 is 1. The summed E-state index contributed by atoms with van der Waals surface area (Å²) in [5, 5.41) is 0. The predicted octanol–water partition coefficient (Wildman–Crippen LogP) is 3.16. The Labute approximate surface area is 108 Å². The van der Waals surface area contributed by atoms with Gasteiger partial charge in [0.15, 0.2) is 0 Å². The summed E-state index contributed by atoms with van der Waals surface area (Å²) in [4.78, 5) is 4.08. The monoisotopic (exact) mass is 265 g/mol. The summed E-state index contributed by atoms with van der Waals surface area (Å²) < 4.78 is 10.6. The Bertz CT molecular complexity index is 293. The molecule has 92 valence electrons. The fourth-order valence-electron chi connectivity index (χ4n) is 1.07. The van der Waals surface area contributed by atoms with Crippen molar-refractivity contribution in [3.8, 4) is 11.6 Å². The molecule has 3 nitrogen and oxygen atoms in total. The molecule has 0 bridgehead atoms. The Morgan fingerprint density at radius 1 is 1.50 bits per heavy atom. The minimum atomic E-state index is 0. The third-order valence-corrected chi connectivity index (χ3v) is 2.64. The topological polar surface area (TPSA) is 31.4 Å². The van der Waals surface area contributed by atoms with Gasteiger partial charge in [-0.2, -0.15) is 0 Å². The zero-order valence-electron chi connectivity index (χ0n) is 9.48. The number of aromatic nitrogens is 1. The number of hydrogen-bond acceptors (Lipinski definition) is 3. The Morgan fingerprint density at radius 3 is 2.81 bits per heavy atom. The summed E-state index contributed by atoms with van der Waals surface area (Å²) in [7, 11) is 1.62. The summed E-state index contributed by atoms with van der Waals surface area (Å²) in [5.41, 5.74) is 0. The average Bonchev–Trinajstić information content (AvgIpc) is 2.31. The summed E-state index contributed by atoms with van der Waals surface area (Å²) in [6.45, 7) is 2.69. The van der Waals surface area contributed by atoms with Gasteiger partial charge in [0.1, 0.15) is 5.75 Å². The number of halogens is 2. The van der Waals surface area contributed by atoms with Crippen LogP contribution in [-0.4, -0.2) is 24.6 Å². The third kappa shape index (κ3) is 4.90. The van der Waals surface area contributed by atoms with Crippen molar-refractivity contribution < 1.29 is 9.47 Å². The van der Waals surface area contributed by atoms with Crippen molar-refractivity contribution in [2.24, 2.45) is 5.92 Å². The molecule has 5 heteroatoms. The van der Waals surface area contributed by atoms with Crippen LogP contribution in [0.15, 0.2) is 18.3 Å². The standard InChI is InChI=1S/C11H16ClNO2.ClH/c1-3-9(7-12)8-15-11-6-10(14-2)4-5-13-11;/h4-6,9H,3,7-8H2,1-2H3;1H. The lowest BCUT2D eigenvalue weighted by atomic mass is 10.1. The van der Waals surface area contributed by atoms with Crippen molar-refractivity contribution in [2.45, 2.75) is 13.3 Å². The van der Waals surface area contributed by atoms with E-state index in [4.69, 9.17) is 21.1 Å². The summed E-state index contributed by atoms with van der Waals surface area (Å²) in [6, 6.07) is 3.55. The third-order valence-electron chi connectivity index (χ3n) is 2.20. The van der Waals surface area contributed by atoms with Gasteiger partial charge in [-0.1, -0.05) is 6.92 Å². The van der Waals surface area contributed by atoms with Crippen molar-refractivity contribution >= 4 is 24.0 Å². The molecule has 0 spiro atoms. The Balaban J connectivity index is 0.00000225. The summed E-state index contributed by atoms with van der Waals surface area (Å²) in [6.07, 6.45) is 2.67. The van der Waals surface area contributed by atoms with Crippen LogP contribution in [0, 0.1) is 5.92 Å². The second kappa shape index (κ2) is 8.48. The first kappa shape index (κ1) is 15.3. The lowest BCUT2D eigenvalue weighted by Gasteiger charge is -2.12. The lowest BCUT2D eigenvalue weighted by molar-refractivity contribution is 0.248. The maximum Gasteiger partial charge on any atom is 0.216 e. The smallest absolute Gasteiger partial charge is 0.216 e. The molecule has 0 amide bonds. The van der Waals surface area contributed by atoms with Crippen LogP contribution < -0.4 is 9.47 Å². The SMILES string of the molecule is CCC(CCl)COc1cc(OC)ccn1.Cl. The second-order valence-corrected chi connectivity index (χ2v) is 3.58. The quantitative estimate of drug-likeness (QED) is 0.741. The van der Waals surface area contributed by atoms with E-state index < -0.39 is 0 Å². The highest BCUT2D eigenvalue weighted by Gasteiger charge is 2.06. The predicted molar refractivity (Wildman–Crippen MR) is 68.0 cm³/mol. The second-order valence-electron chi connectivity index (χ2n) is 3.27. The van der Waals surface area contributed by atoms with Crippen molar-refractivity contribution in [3.63, 3.8) is 0 Å². The number of ether oxygens (including phenoxy) is 2. The van der Waals surface area contributed by atoms with Gasteiger partial charge in [0.25, 0.3) is 0 Å². The van der Waals surface area contributed by atoms with Gasteiger partial charge in [-0.15, -0.1) is 24.0 Å². The molecule has 0 saturated carbocycles. The maximum atomic E-state index is 5.77. The Morgan fingerprint density at radius 2 is 2.25 bits per heavy atom. The van der Waals surface area contributed by atoms with Gasteiger partial charge < -0.3 is 9.47 Å². The number of alkyl halides is 1. The van der Waals surface area contributed by atoms with Crippen LogP contribution in [0.1, 0.15) is 13.3 Å². The zero-order chi connectivity index (χ0) is 11.1. The highest BCUT2D eigenvalue weighted by Crippen LogP contribution is 2.17. The molecule has 1 aromatic heterocycles. The fraction of sp³-hybridized carbons (Fsp3) is 0.545. The van der Waals surface area contributed by atoms with Gasteiger partial charge in [-0.05, 0) is 12.5 Å². The van der Waals surface area contributed by atoms with E-state index in [-0.39, 0.29) is 12.4 Å². The number of hydrogen-bond donors (Lipinski definition) is 0. The van der Waals surface area contributed by atoms with E-state index in [1.807, 2.05) is 0 Å². The molecular weight excluding hydrogens is 249 g/mol. The summed E-state index contributed by atoms with van der Waals surface area (Å²) in [5.74, 6) is 2.32. The molecule has 16 heavy (non-hydrogen) atoms. The molecule has 0 aliphatic rings. The number of rotatable bonds is 6. The maximum absolute atomic E-state index is 5.77. The van der Waals surface area contributed by atoms with E-state index >= 15 is 0 Å². The number of pyridine rings is 1. The minimum absolute atomic E-state index is 0. The van der Waals surface area contributed by atoms with Crippen LogP contribution in [0.3, 0.4) is 0 Å². The molecule has 1 unspecified atom stereocenters. The van der Waals surface area contributed by atoms with Crippen LogP contribution in [0.25, 0.3) is 0 Å². The van der Waals surface area contributed by atoms with Gasteiger partial charge in [-0.25, -0.2) is 4.98 Å². The van der Waals surface area contributed by atoms with E-state index in [1.54, 1.807) is 25.4 Å².